The Morgan fingerprint density at radius 1 is 0.367 bits per heavy atom. The Hall–Kier alpha value is -6.58. The number of benzene rings is 8. The minimum Gasteiger partial charge on any atom is -0.292 e. The Bertz CT molecular complexity index is 2870. The zero-order valence-electron chi connectivity index (χ0n) is 26.6. The van der Waals surface area contributed by atoms with Crippen LogP contribution in [0.2, 0.25) is 0 Å². The third kappa shape index (κ3) is 4.37. The third-order valence-electron chi connectivity index (χ3n) is 9.75. The van der Waals surface area contributed by atoms with Gasteiger partial charge in [0.1, 0.15) is 5.69 Å². The third-order valence-corrected chi connectivity index (χ3v) is 9.75. The van der Waals surface area contributed by atoms with Crippen LogP contribution in [0.3, 0.4) is 0 Å². The van der Waals surface area contributed by atoms with E-state index >= 15 is 0 Å². The van der Waals surface area contributed by atoms with Crippen LogP contribution in [0.5, 0.6) is 0 Å². The molecule has 2 heterocycles. The highest BCUT2D eigenvalue weighted by atomic mass is 15.1. The van der Waals surface area contributed by atoms with Gasteiger partial charge in [0.25, 0.3) is 0 Å². The van der Waals surface area contributed by atoms with Gasteiger partial charge in [0.2, 0.25) is 0 Å². The quantitative estimate of drug-likeness (QED) is 0.195. The van der Waals surface area contributed by atoms with Crippen molar-refractivity contribution in [2.24, 2.45) is 0 Å². The van der Waals surface area contributed by atoms with Gasteiger partial charge in [0, 0.05) is 16.3 Å². The molecule has 2 aromatic heterocycles. The van der Waals surface area contributed by atoms with Gasteiger partial charge in [-0.15, -0.1) is 0 Å². The van der Waals surface area contributed by atoms with E-state index in [4.69, 9.17) is 9.97 Å². The first kappa shape index (κ1) is 27.5. The molecule has 0 N–H and O–H groups in total. The van der Waals surface area contributed by atoms with Crippen molar-refractivity contribution in [3.63, 3.8) is 0 Å². The topological polar surface area (TPSA) is 30.7 Å². The molecule has 0 aliphatic rings. The average Bonchev–Trinajstić information content (AvgIpc) is 3.52. The number of rotatable bonds is 4. The normalized spacial score (nSPS) is 11.7. The Morgan fingerprint density at radius 2 is 0.959 bits per heavy atom. The predicted octanol–water partition coefficient (Wildman–Crippen LogP) is 12.0. The number of para-hydroxylation sites is 2. The van der Waals surface area contributed by atoms with Gasteiger partial charge in [-0.2, -0.15) is 0 Å². The van der Waals surface area contributed by atoms with E-state index in [9.17, 15) is 0 Å². The highest BCUT2D eigenvalue weighted by Crippen LogP contribution is 2.44. The van der Waals surface area contributed by atoms with Crippen LogP contribution in [0.1, 0.15) is 0 Å². The van der Waals surface area contributed by atoms with Crippen molar-refractivity contribution in [1.29, 1.82) is 0 Å². The van der Waals surface area contributed by atoms with Crippen LogP contribution in [0.15, 0.2) is 176 Å². The van der Waals surface area contributed by atoms with Crippen molar-refractivity contribution in [3.8, 4) is 39.3 Å². The Kier molecular flexibility index (Phi) is 6.18. The minimum absolute atomic E-state index is 0.813. The van der Waals surface area contributed by atoms with E-state index in [0.29, 0.717) is 0 Å². The van der Waals surface area contributed by atoms with Crippen LogP contribution in [-0.4, -0.2) is 14.5 Å². The van der Waals surface area contributed by atoms with Crippen molar-refractivity contribution in [2.45, 2.75) is 0 Å². The maximum Gasteiger partial charge on any atom is 0.165 e. The fourth-order valence-electron chi connectivity index (χ4n) is 7.54. The van der Waals surface area contributed by atoms with Crippen LogP contribution < -0.4 is 0 Å². The summed E-state index contributed by atoms with van der Waals surface area (Å²) >= 11 is 0. The molecule has 0 saturated carbocycles. The lowest BCUT2D eigenvalue weighted by molar-refractivity contribution is 1.08. The van der Waals surface area contributed by atoms with Crippen molar-refractivity contribution in [3.05, 3.63) is 176 Å². The summed E-state index contributed by atoms with van der Waals surface area (Å²) in [7, 11) is 0. The zero-order chi connectivity index (χ0) is 32.3. The first-order valence-electron chi connectivity index (χ1n) is 16.7. The molecule has 10 rings (SSSR count). The second-order valence-corrected chi connectivity index (χ2v) is 12.6. The second-order valence-electron chi connectivity index (χ2n) is 12.6. The summed E-state index contributed by atoms with van der Waals surface area (Å²) in [4.78, 5) is 10.8. The van der Waals surface area contributed by atoms with Gasteiger partial charge < -0.3 is 0 Å². The molecule has 228 valence electrons. The summed E-state index contributed by atoms with van der Waals surface area (Å²) in [5.41, 5.74) is 10.5. The minimum atomic E-state index is 0.813. The maximum atomic E-state index is 5.46. The standard InChI is InChI=1S/C46H29N3/c1-3-14-30(15-4-1)33-19-13-20-34(28-33)45-46(48-40-25-12-11-24-39(40)47-45)49-41-27-26-32-18-7-8-21-35(32)43(41)44-37-23-10-9-22-36(37)38(29-42(44)49)31-16-5-2-6-17-31/h1-29H. The van der Waals surface area contributed by atoms with Gasteiger partial charge in [-0.25, -0.2) is 9.97 Å². The molecule has 0 aliphatic heterocycles. The molecule has 0 atom stereocenters. The summed E-state index contributed by atoms with van der Waals surface area (Å²) < 4.78 is 2.36. The first-order valence-corrected chi connectivity index (χ1v) is 16.7. The van der Waals surface area contributed by atoms with E-state index in [2.05, 4.69) is 168 Å². The SMILES string of the molecule is c1ccc(-c2cccc(-c3nc4ccccc4nc3-n3c4ccc5ccccc5c4c4c5ccccc5c(-c5ccccc5)cc43)c2)cc1. The van der Waals surface area contributed by atoms with Crippen LogP contribution in [0, 0.1) is 0 Å². The van der Waals surface area contributed by atoms with E-state index in [-0.39, 0.29) is 0 Å². The Balaban J connectivity index is 1.39. The number of hydrogen-bond donors (Lipinski definition) is 0. The average molecular weight is 624 g/mol. The van der Waals surface area contributed by atoms with Gasteiger partial charge in [-0.05, 0) is 74.1 Å². The molecule has 3 nitrogen and oxygen atoms in total. The maximum absolute atomic E-state index is 5.46. The van der Waals surface area contributed by atoms with Gasteiger partial charge in [0.15, 0.2) is 5.82 Å². The van der Waals surface area contributed by atoms with Crippen molar-refractivity contribution >= 4 is 54.4 Å². The summed E-state index contributed by atoms with van der Waals surface area (Å²) in [5.74, 6) is 0.813. The lowest BCUT2D eigenvalue weighted by Gasteiger charge is -2.15. The Labute approximate surface area is 283 Å². The van der Waals surface area contributed by atoms with Crippen LogP contribution in [0.25, 0.3) is 93.7 Å². The highest BCUT2D eigenvalue weighted by molar-refractivity contribution is 6.30. The molecule has 0 bridgehead atoms. The zero-order valence-corrected chi connectivity index (χ0v) is 26.6. The van der Waals surface area contributed by atoms with Gasteiger partial charge in [-0.3, -0.25) is 4.57 Å². The van der Waals surface area contributed by atoms with Gasteiger partial charge >= 0.3 is 0 Å². The van der Waals surface area contributed by atoms with Crippen LogP contribution in [-0.2, 0) is 0 Å². The van der Waals surface area contributed by atoms with E-state index in [1.807, 2.05) is 12.1 Å². The summed E-state index contributed by atoms with van der Waals surface area (Å²) in [5, 5.41) is 7.34. The molecule has 10 aromatic rings. The number of aromatic nitrogens is 3. The Morgan fingerprint density at radius 3 is 1.76 bits per heavy atom. The smallest absolute Gasteiger partial charge is 0.165 e. The fourth-order valence-corrected chi connectivity index (χ4v) is 7.54. The molecule has 0 unspecified atom stereocenters. The molecule has 0 amide bonds. The van der Waals surface area contributed by atoms with Crippen LogP contribution in [0.4, 0.5) is 0 Å². The molecular weight excluding hydrogens is 595 g/mol. The molecule has 3 heteroatoms. The molecule has 49 heavy (non-hydrogen) atoms. The van der Waals surface area contributed by atoms with Gasteiger partial charge in [0.05, 0.1) is 22.1 Å². The number of hydrogen-bond acceptors (Lipinski definition) is 2. The highest BCUT2D eigenvalue weighted by Gasteiger charge is 2.23. The summed E-state index contributed by atoms with van der Waals surface area (Å²) in [6, 6.07) is 62.5. The van der Waals surface area contributed by atoms with Gasteiger partial charge in [-0.1, -0.05) is 146 Å². The van der Waals surface area contributed by atoms with E-state index in [1.165, 1.54) is 49.0 Å². The first-order chi connectivity index (χ1) is 24.3. The molecule has 0 fully saturated rings. The fraction of sp³-hybridized carbons (Fsp3) is 0. The van der Waals surface area contributed by atoms with E-state index in [1.54, 1.807) is 0 Å². The lowest BCUT2D eigenvalue weighted by atomic mass is 9.94. The van der Waals surface area contributed by atoms with Crippen molar-refractivity contribution in [2.75, 3.05) is 0 Å². The second kappa shape index (κ2) is 11.0. The molecular formula is C46H29N3. The molecule has 0 spiro atoms. The van der Waals surface area contributed by atoms with Crippen molar-refractivity contribution in [1.82, 2.24) is 14.5 Å². The molecule has 0 aliphatic carbocycles. The lowest BCUT2D eigenvalue weighted by Crippen LogP contribution is -2.04. The summed E-state index contributed by atoms with van der Waals surface area (Å²) in [6.07, 6.45) is 0. The number of nitrogens with zero attached hydrogens (tertiary/aromatic N) is 3. The summed E-state index contributed by atoms with van der Waals surface area (Å²) in [6.45, 7) is 0. The van der Waals surface area contributed by atoms with Crippen LogP contribution >= 0.6 is 0 Å². The molecule has 0 saturated heterocycles. The largest absolute Gasteiger partial charge is 0.292 e. The van der Waals surface area contributed by atoms with E-state index in [0.717, 1.165) is 44.7 Å². The molecule has 0 radical (unpaired) electrons. The van der Waals surface area contributed by atoms with E-state index < -0.39 is 0 Å². The van der Waals surface area contributed by atoms with Crippen molar-refractivity contribution < 1.29 is 0 Å². The monoisotopic (exact) mass is 623 g/mol. The predicted molar refractivity (Wildman–Crippen MR) is 205 cm³/mol. The number of fused-ring (bicyclic) bond motifs is 8. The molecule has 8 aromatic carbocycles.